The molecule has 0 atom stereocenters. The van der Waals surface area contributed by atoms with Crippen molar-refractivity contribution >= 4 is 13.3 Å². The summed E-state index contributed by atoms with van der Waals surface area (Å²) in [6, 6.07) is 19.1. The summed E-state index contributed by atoms with van der Waals surface area (Å²) >= 11 is 0. The Morgan fingerprint density at radius 3 is 2.17 bits per heavy atom. The Balaban J connectivity index is 2.30. The molecule has 0 radical (unpaired) electrons. The van der Waals surface area contributed by atoms with Crippen LogP contribution in [0, 0.1) is 12.3 Å². The first-order chi connectivity index (χ1) is 14.2. The normalized spacial score (nSPS) is 13.8. The number of nitrogens with zero attached hydrogens (tertiary/aromatic N) is 1. The van der Waals surface area contributed by atoms with Gasteiger partial charge in [-0.25, -0.2) is 4.57 Å². The fourth-order valence-electron chi connectivity index (χ4n) is 3.73. The van der Waals surface area contributed by atoms with E-state index in [0.29, 0.717) is 0 Å². The van der Waals surface area contributed by atoms with E-state index in [1.165, 1.54) is 21.9 Å². The van der Waals surface area contributed by atoms with Gasteiger partial charge in [0.05, 0.1) is 8.07 Å². The summed E-state index contributed by atoms with van der Waals surface area (Å²) in [6.07, 6.45) is 0.756. The van der Waals surface area contributed by atoms with Crippen LogP contribution in [0.5, 0.6) is 0 Å². The highest BCUT2D eigenvalue weighted by atomic mass is 28.3. The van der Waals surface area contributed by atoms with Gasteiger partial charge in [0.1, 0.15) is 7.05 Å². The van der Waals surface area contributed by atoms with Crippen LogP contribution in [0.25, 0.3) is 22.4 Å². The first kappa shape index (κ1) is 18.8. The van der Waals surface area contributed by atoms with E-state index in [1.54, 1.807) is 0 Å². The third kappa shape index (κ3) is 5.05. The minimum Gasteiger partial charge on any atom is -0.201 e. The fraction of sp³-hybridized carbons (Fsp3) is 0.370. The highest BCUT2D eigenvalue weighted by molar-refractivity contribution is 6.88. The van der Waals surface area contributed by atoms with Crippen molar-refractivity contribution in [1.29, 1.82) is 0 Å². The predicted molar refractivity (Wildman–Crippen MR) is 129 cm³/mol. The zero-order valence-electron chi connectivity index (χ0n) is 21.2. The van der Waals surface area contributed by atoms with Crippen molar-refractivity contribution in [2.24, 2.45) is 12.5 Å². The SMILES string of the molecule is [2H]C([2H])(c1cc(-c2cc(-c3ccccc3)ccc2C)[n+](C)cc1[Si](C)(C)C)C(C)(C)C. The maximum atomic E-state index is 9.08. The molecule has 0 N–H and O–H groups in total. The van der Waals surface area contributed by atoms with Gasteiger partial charge in [-0.15, -0.1) is 0 Å². The van der Waals surface area contributed by atoms with E-state index in [0.717, 1.165) is 16.8 Å². The van der Waals surface area contributed by atoms with Crippen molar-refractivity contribution in [3.05, 3.63) is 71.9 Å². The van der Waals surface area contributed by atoms with Crippen LogP contribution in [0.3, 0.4) is 0 Å². The molecule has 0 aliphatic heterocycles. The third-order valence-electron chi connectivity index (χ3n) is 5.21. The highest BCUT2D eigenvalue weighted by Crippen LogP contribution is 2.29. The smallest absolute Gasteiger partial charge is 0.201 e. The van der Waals surface area contributed by atoms with Crippen molar-refractivity contribution in [3.8, 4) is 22.4 Å². The standard InChI is InChI=1S/C27H36NSi/c1-20-14-15-22(21-12-10-9-11-13-21)16-24(20)25-17-23(18-27(2,3)4)26(19-28(25)5)29(6,7)8/h9-17,19H,18H2,1-8H3/q+1/i18D2. The van der Waals surface area contributed by atoms with Gasteiger partial charge in [-0.05, 0) is 47.0 Å². The largest absolute Gasteiger partial charge is 0.212 e. The van der Waals surface area contributed by atoms with Gasteiger partial charge in [0.15, 0.2) is 6.20 Å². The van der Waals surface area contributed by atoms with Crippen molar-refractivity contribution in [2.45, 2.75) is 53.7 Å². The van der Waals surface area contributed by atoms with Gasteiger partial charge >= 0.3 is 0 Å². The lowest BCUT2D eigenvalue weighted by Gasteiger charge is -2.25. The summed E-state index contributed by atoms with van der Waals surface area (Å²) in [6.45, 7) is 15.0. The van der Waals surface area contributed by atoms with E-state index in [9.17, 15) is 0 Å². The van der Waals surface area contributed by atoms with Crippen LogP contribution in [-0.4, -0.2) is 8.07 Å². The van der Waals surface area contributed by atoms with Crippen molar-refractivity contribution < 1.29 is 7.31 Å². The molecule has 0 spiro atoms. The van der Waals surface area contributed by atoms with Gasteiger partial charge < -0.3 is 0 Å². The van der Waals surface area contributed by atoms with E-state index in [2.05, 4.69) is 92.9 Å². The second kappa shape index (κ2) is 7.91. The van der Waals surface area contributed by atoms with Gasteiger partial charge in [-0.3, -0.25) is 0 Å². The molecule has 0 amide bonds. The number of pyridine rings is 1. The van der Waals surface area contributed by atoms with Crippen molar-refractivity contribution in [1.82, 2.24) is 0 Å². The van der Waals surface area contributed by atoms with Gasteiger partial charge in [0, 0.05) is 19.6 Å². The molecule has 0 aliphatic rings. The summed E-state index contributed by atoms with van der Waals surface area (Å²) in [7, 11) is 0.328. The van der Waals surface area contributed by atoms with Crippen LogP contribution in [-0.2, 0) is 13.4 Å². The summed E-state index contributed by atoms with van der Waals surface area (Å²) in [5.74, 6) is 0. The van der Waals surface area contributed by atoms with Crippen LogP contribution >= 0.6 is 0 Å². The molecular weight excluding hydrogens is 366 g/mol. The average molecular weight is 405 g/mol. The molecular formula is C27H36NSi+. The molecule has 1 heterocycles. The lowest BCUT2D eigenvalue weighted by molar-refractivity contribution is -0.659. The Morgan fingerprint density at radius 1 is 0.931 bits per heavy atom. The van der Waals surface area contributed by atoms with Crippen LogP contribution in [0.2, 0.25) is 19.6 Å². The Bertz CT molecular complexity index is 1090. The molecule has 0 unspecified atom stereocenters. The second-order valence-corrected chi connectivity index (χ2v) is 15.2. The maximum Gasteiger partial charge on any atom is 0.212 e. The van der Waals surface area contributed by atoms with E-state index < -0.39 is 19.9 Å². The summed E-state index contributed by atoms with van der Waals surface area (Å²) < 4.78 is 20.3. The fourth-order valence-corrected chi connectivity index (χ4v) is 5.25. The first-order valence-corrected chi connectivity index (χ1v) is 13.9. The lowest BCUT2D eigenvalue weighted by Crippen LogP contribution is -2.47. The average Bonchev–Trinajstić information content (AvgIpc) is 2.67. The zero-order chi connectivity index (χ0) is 23.2. The molecule has 0 saturated carbocycles. The minimum atomic E-state index is -1.76. The molecule has 0 aliphatic carbocycles. The Morgan fingerprint density at radius 2 is 1.59 bits per heavy atom. The number of hydrogen-bond donors (Lipinski definition) is 0. The molecule has 1 nitrogen and oxygen atoms in total. The Hall–Kier alpha value is -2.19. The van der Waals surface area contributed by atoms with E-state index in [1.807, 2.05) is 26.8 Å². The van der Waals surface area contributed by atoms with Crippen molar-refractivity contribution in [3.63, 3.8) is 0 Å². The number of rotatable bonds is 4. The molecule has 0 fully saturated rings. The van der Waals surface area contributed by atoms with Crippen LogP contribution in [0.15, 0.2) is 60.8 Å². The summed E-state index contributed by atoms with van der Waals surface area (Å²) in [5, 5.41) is 1.19. The quantitative estimate of drug-likeness (QED) is 0.355. The molecule has 3 rings (SSSR count). The summed E-state index contributed by atoms with van der Waals surface area (Å²) in [4.78, 5) is 0. The third-order valence-corrected chi connectivity index (χ3v) is 7.23. The molecule has 1 aromatic heterocycles. The molecule has 2 heteroatoms. The first-order valence-electron chi connectivity index (χ1n) is 11.4. The van der Waals surface area contributed by atoms with Gasteiger partial charge in [-0.2, -0.15) is 0 Å². The van der Waals surface area contributed by atoms with Crippen LogP contribution in [0.4, 0.5) is 0 Å². The number of benzene rings is 2. The molecule has 0 bridgehead atoms. The monoisotopic (exact) mass is 404 g/mol. The lowest BCUT2D eigenvalue weighted by atomic mass is 9.87. The summed E-state index contributed by atoms with van der Waals surface area (Å²) in [5.41, 5.74) is 6.11. The number of aryl methyl sites for hydroxylation is 2. The Labute approximate surface area is 181 Å². The van der Waals surface area contributed by atoms with E-state index in [-0.39, 0.29) is 0 Å². The molecule has 3 aromatic rings. The number of hydrogen-bond acceptors (Lipinski definition) is 0. The Kier molecular flexibility index (Phi) is 5.13. The predicted octanol–water partition coefficient (Wildman–Crippen LogP) is 6.29. The topological polar surface area (TPSA) is 3.88 Å². The van der Waals surface area contributed by atoms with Gasteiger partial charge in [0.25, 0.3) is 0 Å². The van der Waals surface area contributed by atoms with E-state index >= 15 is 0 Å². The van der Waals surface area contributed by atoms with E-state index in [4.69, 9.17) is 2.74 Å². The molecule has 29 heavy (non-hydrogen) atoms. The maximum absolute atomic E-state index is 9.08. The van der Waals surface area contributed by atoms with Gasteiger partial charge in [0.2, 0.25) is 5.69 Å². The van der Waals surface area contributed by atoms with Crippen molar-refractivity contribution in [2.75, 3.05) is 0 Å². The highest BCUT2D eigenvalue weighted by Gasteiger charge is 2.28. The second-order valence-electron chi connectivity index (χ2n) is 10.1. The molecule has 2 aromatic carbocycles. The molecule has 0 saturated heterocycles. The molecule has 152 valence electrons. The van der Waals surface area contributed by atoms with Crippen LogP contribution < -0.4 is 9.75 Å². The number of aromatic nitrogens is 1. The minimum absolute atomic E-state index is 0.500. The van der Waals surface area contributed by atoms with Crippen LogP contribution in [0.1, 0.15) is 34.6 Å². The van der Waals surface area contributed by atoms with Gasteiger partial charge in [-0.1, -0.05) is 82.9 Å². The zero-order valence-corrected chi connectivity index (χ0v) is 20.2.